The molecule has 2 nitrogen and oxygen atoms in total. The Kier molecular flexibility index (Phi) is 5.48. The molecule has 21 heavy (non-hydrogen) atoms. The second-order valence-corrected chi connectivity index (χ2v) is 5.83. The van der Waals surface area contributed by atoms with Crippen molar-refractivity contribution in [2.45, 2.75) is 11.8 Å². The highest BCUT2D eigenvalue weighted by Gasteiger charge is 2.13. The van der Waals surface area contributed by atoms with Crippen LogP contribution in [0.5, 0.6) is 0 Å². The lowest BCUT2D eigenvalue weighted by atomic mass is 10.1. The Morgan fingerprint density at radius 3 is 2.71 bits per heavy atom. The van der Waals surface area contributed by atoms with E-state index in [1.54, 1.807) is 17.8 Å². The molecule has 0 aromatic heterocycles. The zero-order valence-electron chi connectivity index (χ0n) is 11.9. The predicted molar refractivity (Wildman–Crippen MR) is 89.3 cm³/mol. The standard InChI is InChI=1S/C18H17NOS/c1-3-15-8-7-9-16(12-15)19-18(20)14(2)13-21-17-10-5-4-6-11-17/h1,4-12,14H,13H2,2H3,(H,19,20). The van der Waals surface area contributed by atoms with E-state index in [4.69, 9.17) is 6.42 Å². The molecule has 1 atom stereocenters. The first kappa shape index (κ1) is 15.2. The van der Waals surface area contributed by atoms with Gasteiger partial charge in [0.2, 0.25) is 5.91 Å². The van der Waals surface area contributed by atoms with Crippen LogP contribution >= 0.6 is 11.8 Å². The van der Waals surface area contributed by atoms with Crippen molar-refractivity contribution in [3.63, 3.8) is 0 Å². The number of carbonyl (C=O) groups is 1. The average molecular weight is 295 g/mol. The van der Waals surface area contributed by atoms with E-state index < -0.39 is 0 Å². The van der Waals surface area contributed by atoms with Crippen LogP contribution in [0.2, 0.25) is 0 Å². The largest absolute Gasteiger partial charge is 0.326 e. The molecule has 0 aliphatic rings. The Labute approximate surface area is 130 Å². The highest BCUT2D eigenvalue weighted by molar-refractivity contribution is 7.99. The summed E-state index contributed by atoms with van der Waals surface area (Å²) in [4.78, 5) is 13.3. The third-order valence-corrected chi connectivity index (χ3v) is 4.26. The SMILES string of the molecule is C#Cc1cccc(NC(=O)C(C)CSc2ccccc2)c1. The summed E-state index contributed by atoms with van der Waals surface area (Å²) >= 11 is 1.68. The third kappa shape index (κ3) is 4.70. The average Bonchev–Trinajstić information content (AvgIpc) is 2.53. The lowest BCUT2D eigenvalue weighted by Gasteiger charge is -2.12. The number of nitrogens with one attached hydrogen (secondary N) is 1. The van der Waals surface area contributed by atoms with Gasteiger partial charge in [0, 0.05) is 27.8 Å². The second-order valence-electron chi connectivity index (χ2n) is 4.74. The monoisotopic (exact) mass is 295 g/mol. The lowest BCUT2D eigenvalue weighted by molar-refractivity contribution is -0.118. The van der Waals surface area contributed by atoms with Crippen LogP contribution in [-0.4, -0.2) is 11.7 Å². The number of anilines is 1. The van der Waals surface area contributed by atoms with Crippen molar-refractivity contribution in [1.29, 1.82) is 0 Å². The molecule has 2 aromatic carbocycles. The van der Waals surface area contributed by atoms with Crippen LogP contribution in [0.1, 0.15) is 12.5 Å². The second kappa shape index (κ2) is 7.56. The van der Waals surface area contributed by atoms with Gasteiger partial charge < -0.3 is 5.32 Å². The molecular weight excluding hydrogens is 278 g/mol. The van der Waals surface area contributed by atoms with Crippen LogP contribution in [0.25, 0.3) is 0 Å². The van der Waals surface area contributed by atoms with Crippen molar-refractivity contribution >= 4 is 23.4 Å². The molecule has 0 heterocycles. The van der Waals surface area contributed by atoms with Gasteiger partial charge in [0.15, 0.2) is 0 Å². The fourth-order valence-electron chi connectivity index (χ4n) is 1.77. The van der Waals surface area contributed by atoms with Crippen LogP contribution < -0.4 is 5.32 Å². The molecule has 1 unspecified atom stereocenters. The summed E-state index contributed by atoms with van der Waals surface area (Å²) in [5.74, 6) is 3.23. The summed E-state index contributed by atoms with van der Waals surface area (Å²) in [6.45, 7) is 1.93. The van der Waals surface area contributed by atoms with Gasteiger partial charge in [0.1, 0.15) is 0 Å². The first-order valence-electron chi connectivity index (χ1n) is 6.74. The molecule has 0 fully saturated rings. The Morgan fingerprint density at radius 1 is 1.24 bits per heavy atom. The van der Waals surface area contributed by atoms with Crippen molar-refractivity contribution < 1.29 is 4.79 Å². The molecule has 0 spiro atoms. The third-order valence-electron chi connectivity index (χ3n) is 2.99. The van der Waals surface area contributed by atoms with Crippen LogP contribution in [0.4, 0.5) is 5.69 Å². The van der Waals surface area contributed by atoms with E-state index in [-0.39, 0.29) is 11.8 Å². The zero-order chi connectivity index (χ0) is 15.1. The van der Waals surface area contributed by atoms with Gasteiger partial charge in [0.05, 0.1) is 0 Å². The summed E-state index contributed by atoms with van der Waals surface area (Å²) in [5, 5.41) is 2.90. The Balaban J connectivity index is 1.89. The molecule has 3 heteroatoms. The zero-order valence-corrected chi connectivity index (χ0v) is 12.7. The lowest BCUT2D eigenvalue weighted by Crippen LogP contribution is -2.22. The number of terminal acetylenes is 1. The minimum absolute atomic E-state index is 0.00704. The van der Waals surface area contributed by atoms with E-state index in [1.807, 2.05) is 55.5 Å². The van der Waals surface area contributed by atoms with Gasteiger partial charge >= 0.3 is 0 Å². The fourth-order valence-corrected chi connectivity index (χ4v) is 2.71. The normalized spacial score (nSPS) is 11.4. The van der Waals surface area contributed by atoms with E-state index in [1.165, 1.54) is 4.90 Å². The van der Waals surface area contributed by atoms with Crippen molar-refractivity contribution in [3.8, 4) is 12.3 Å². The summed E-state index contributed by atoms with van der Waals surface area (Å²) in [6.07, 6.45) is 5.36. The minimum Gasteiger partial charge on any atom is -0.326 e. The van der Waals surface area contributed by atoms with Crippen molar-refractivity contribution in [2.75, 3.05) is 11.1 Å². The minimum atomic E-state index is -0.0790. The van der Waals surface area contributed by atoms with Gasteiger partial charge in [-0.2, -0.15) is 0 Å². The van der Waals surface area contributed by atoms with Crippen molar-refractivity contribution in [1.82, 2.24) is 0 Å². The summed E-state index contributed by atoms with van der Waals surface area (Å²) < 4.78 is 0. The predicted octanol–water partition coefficient (Wildman–Crippen LogP) is 4.03. The van der Waals surface area contributed by atoms with Crippen LogP contribution in [-0.2, 0) is 4.79 Å². The highest BCUT2D eigenvalue weighted by atomic mass is 32.2. The summed E-state index contributed by atoms with van der Waals surface area (Å²) in [6, 6.07) is 17.4. The molecule has 0 radical (unpaired) electrons. The van der Waals surface area contributed by atoms with E-state index >= 15 is 0 Å². The topological polar surface area (TPSA) is 29.1 Å². The summed E-state index contributed by atoms with van der Waals surface area (Å²) in [7, 11) is 0. The Hall–Kier alpha value is -2.18. The van der Waals surface area contributed by atoms with Gasteiger partial charge in [-0.05, 0) is 30.3 Å². The molecule has 0 bridgehead atoms. The molecule has 0 saturated heterocycles. The maximum Gasteiger partial charge on any atom is 0.228 e. The van der Waals surface area contributed by atoms with Crippen LogP contribution in [0.15, 0.2) is 59.5 Å². The number of benzene rings is 2. The van der Waals surface area contributed by atoms with Gasteiger partial charge in [-0.15, -0.1) is 18.2 Å². The van der Waals surface area contributed by atoms with E-state index in [9.17, 15) is 4.79 Å². The number of thioether (sulfide) groups is 1. The number of hydrogen-bond donors (Lipinski definition) is 1. The molecule has 0 saturated carbocycles. The van der Waals surface area contributed by atoms with E-state index in [0.29, 0.717) is 0 Å². The van der Waals surface area contributed by atoms with E-state index in [2.05, 4.69) is 11.2 Å². The van der Waals surface area contributed by atoms with Crippen molar-refractivity contribution in [3.05, 3.63) is 60.2 Å². The molecule has 0 aliphatic carbocycles. The van der Waals surface area contributed by atoms with Crippen molar-refractivity contribution in [2.24, 2.45) is 5.92 Å². The molecule has 2 aromatic rings. The molecule has 106 valence electrons. The smallest absolute Gasteiger partial charge is 0.228 e. The number of amides is 1. The fraction of sp³-hybridized carbons (Fsp3) is 0.167. The first-order valence-corrected chi connectivity index (χ1v) is 7.73. The van der Waals surface area contributed by atoms with Crippen LogP contribution in [0.3, 0.4) is 0 Å². The highest BCUT2D eigenvalue weighted by Crippen LogP contribution is 2.21. The Morgan fingerprint density at radius 2 is 2.00 bits per heavy atom. The molecule has 1 N–H and O–H groups in total. The van der Waals surface area contributed by atoms with E-state index in [0.717, 1.165) is 17.0 Å². The molecule has 2 rings (SSSR count). The maximum atomic E-state index is 12.2. The van der Waals surface area contributed by atoms with Crippen LogP contribution in [0, 0.1) is 18.3 Å². The first-order chi connectivity index (χ1) is 10.2. The molecular formula is C18H17NOS. The molecule has 0 aliphatic heterocycles. The number of rotatable bonds is 5. The van der Waals surface area contributed by atoms with Gasteiger partial charge in [-0.3, -0.25) is 4.79 Å². The number of carbonyl (C=O) groups excluding carboxylic acids is 1. The van der Waals surface area contributed by atoms with Gasteiger partial charge in [0.25, 0.3) is 0 Å². The van der Waals surface area contributed by atoms with Gasteiger partial charge in [-0.25, -0.2) is 0 Å². The maximum absolute atomic E-state index is 12.2. The Bertz CT molecular complexity index is 646. The van der Waals surface area contributed by atoms with Gasteiger partial charge in [-0.1, -0.05) is 37.1 Å². The quantitative estimate of drug-likeness (QED) is 0.666. The summed E-state index contributed by atoms with van der Waals surface area (Å²) in [5.41, 5.74) is 1.51. The number of hydrogen-bond acceptors (Lipinski definition) is 2. The molecule has 1 amide bonds.